The van der Waals surface area contributed by atoms with Crippen LogP contribution in [-0.2, 0) is 23.9 Å². The molecule has 0 saturated heterocycles. The molecular formula is C26H36O8. The molecule has 0 amide bonds. The van der Waals surface area contributed by atoms with Crippen molar-refractivity contribution in [2.24, 2.45) is 34.5 Å². The maximum absolute atomic E-state index is 13.2. The zero-order valence-electron chi connectivity index (χ0n) is 20.2. The molecule has 8 nitrogen and oxygen atoms in total. The van der Waals surface area contributed by atoms with Crippen LogP contribution in [0.1, 0.15) is 72.1 Å². The standard InChI is InChI=1S/C26H36O8/c1-14-10-16-17-7-9-26(33,20(29)13-34-22(32)5-4-21(30)31)25(17,3)12-19(28)23(16)24(2)8-6-15(27)11-18(14)24/h11,14,16-17,19,23,28,33H,4-10,12-13H2,1-3H3,(H,30,31). The molecule has 4 aliphatic rings. The van der Waals surface area contributed by atoms with Gasteiger partial charge in [0.25, 0.3) is 0 Å². The summed E-state index contributed by atoms with van der Waals surface area (Å²) in [6.07, 6.45) is 3.46. The summed E-state index contributed by atoms with van der Waals surface area (Å²) in [5.74, 6) is -2.08. The lowest BCUT2D eigenvalue weighted by Crippen LogP contribution is -2.62. The Kier molecular flexibility index (Phi) is 6.30. The largest absolute Gasteiger partial charge is 0.481 e. The first-order chi connectivity index (χ1) is 15.8. The average molecular weight is 477 g/mol. The number of aliphatic hydroxyl groups is 2. The van der Waals surface area contributed by atoms with E-state index in [1.54, 1.807) is 6.08 Å². The second kappa shape index (κ2) is 8.55. The van der Waals surface area contributed by atoms with Gasteiger partial charge >= 0.3 is 11.9 Å². The molecule has 3 N–H and O–H groups in total. The summed E-state index contributed by atoms with van der Waals surface area (Å²) in [6, 6.07) is 0. The van der Waals surface area contributed by atoms with Crippen LogP contribution in [0, 0.1) is 34.5 Å². The molecule has 4 aliphatic carbocycles. The maximum Gasteiger partial charge on any atom is 0.306 e. The van der Waals surface area contributed by atoms with E-state index in [0.717, 1.165) is 12.0 Å². The van der Waals surface area contributed by atoms with Crippen molar-refractivity contribution in [3.63, 3.8) is 0 Å². The Morgan fingerprint density at radius 1 is 1.18 bits per heavy atom. The molecule has 4 rings (SSSR count). The SMILES string of the molecule is CC1CC2C(C(O)CC3(C)C2CCC3(O)C(=O)COC(=O)CCC(=O)O)C2(C)CCC(=O)C=C12. The van der Waals surface area contributed by atoms with Crippen molar-refractivity contribution >= 4 is 23.5 Å². The lowest BCUT2D eigenvalue weighted by Gasteiger charge is -2.61. The van der Waals surface area contributed by atoms with Crippen LogP contribution < -0.4 is 0 Å². The number of carboxylic acids is 1. The first-order valence-corrected chi connectivity index (χ1v) is 12.4. The van der Waals surface area contributed by atoms with Gasteiger partial charge in [-0.1, -0.05) is 26.3 Å². The summed E-state index contributed by atoms with van der Waals surface area (Å²) >= 11 is 0. The predicted octanol–water partition coefficient (Wildman–Crippen LogP) is 2.44. The Morgan fingerprint density at radius 2 is 1.88 bits per heavy atom. The summed E-state index contributed by atoms with van der Waals surface area (Å²) in [5.41, 5.74) is -1.73. The monoisotopic (exact) mass is 476 g/mol. The van der Waals surface area contributed by atoms with Crippen molar-refractivity contribution in [2.75, 3.05) is 6.61 Å². The lowest BCUT2D eigenvalue weighted by molar-refractivity contribution is -0.186. The minimum atomic E-state index is -1.72. The van der Waals surface area contributed by atoms with Crippen LogP contribution in [0.3, 0.4) is 0 Å². The number of aliphatic carboxylic acids is 1. The van der Waals surface area contributed by atoms with Gasteiger partial charge in [-0.05, 0) is 67.3 Å². The van der Waals surface area contributed by atoms with Gasteiger partial charge in [-0.15, -0.1) is 0 Å². The summed E-state index contributed by atoms with van der Waals surface area (Å²) in [5, 5.41) is 31.8. The quantitative estimate of drug-likeness (QED) is 0.497. The fraction of sp³-hybridized carbons (Fsp3) is 0.769. The van der Waals surface area contributed by atoms with Crippen molar-refractivity contribution in [2.45, 2.75) is 83.8 Å². The molecule has 8 unspecified atom stereocenters. The third-order valence-electron chi connectivity index (χ3n) is 9.73. The smallest absolute Gasteiger partial charge is 0.306 e. The number of fused-ring (bicyclic) bond motifs is 5. The average Bonchev–Trinajstić information content (AvgIpc) is 3.03. The van der Waals surface area contributed by atoms with Crippen LogP contribution in [0.15, 0.2) is 11.6 Å². The number of aliphatic hydroxyl groups excluding tert-OH is 1. The highest BCUT2D eigenvalue weighted by Gasteiger charge is 2.68. The Labute approximate surface area is 199 Å². The highest BCUT2D eigenvalue weighted by atomic mass is 16.5. The van der Waals surface area contributed by atoms with Gasteiger partial charge in [-0.2, -0.15) is 0 Å². The van der Waals surface area contributed by atoms with Gasteiger partial charge in [0.05, 0.1) is 18.9 Å². The molecular weight excluding hydrogens is 440 g/mol. The lowest BCUT2D eigenvalue weighted by atomic mass is 9.44. The van der Waals surface area contributed by atoms with Gasteiger partial charge in [-0.25, -0.2) is 0 Å². The number of carbonyl (C=O) groups excluding carboxylic acids is 3. The molecule has 0 aromatic carbocycles. The fourth-order valence-corrected chi connectivity index (χ4v) is 8.13. The fourth-order valence-electron chi connectivity index (χ4n) is 8.13. The van der Waals surface area contributed by atoms with Gasteiger partial charge in [0.2, 0.25) is 5.78 Å². The molecule has 0 spiro atoms. The van der Waals surface area contributed by atoms with Crippen molar-refractivity contribution in [1.82, 2.24) is 0 Å². The van der Waals surface area contributed by atoms with Crippen LogP contribution in [0.4, 0.5) is 0 Å². The third-order valence-corrected chi connectivity index (χ3v) is 9.73. The normalized spacial score (nSPS) is 43.3. The van der Waals surface area contributed by atoms with Crippen LogP contribution >= 0.6 is 0 Å². The molecule has 8 atom stereocenters. The molecule has 0 aliphatic heterocycles. The number of Topliss-reactive ketones (excluding diaryl/α,β-unsaturated/α-hetero) is 1. The number of rotatable bonds is 6. The number of carboxylic acid groups (broad SMARTS) is 1. The highest BCUT2D eigenvalue weighted by molar-refractivity contribution is 5.92. The van der Waals surface area contributed by atoms with Gasteiger partial charge < -0.3 is 20.1 Å². The van der Waals surface area contributed by atoms with Crippen molar-refractivity contribution in [1.29, 1.82) is 0 Å². The molecule has 0 radical (unpaired) electrons. The Hall–Kier alpha value is -2.06. The van der Waals surface area contributed by atoms with E-state index in [0.29, 0.717) is 19.3 Å². The van der Waals surface area contributed by atoms with E-state index >= 15 is 0 Å². The number of hydrogen-bond acceptors (Lipinski definition) is 7. The molecule has 34 heavy (non-hydrogen) atoms. The summed E-state index contributed by atoms with van der Waals surface area (Å²) in [7, 11) is 0. The Morgan fingerprint density at radius 3 is 2.56 bits per heavy atom. The molecule has 0 aromatic heterocycles. The van der Waals surface area contributed by atoms with E-state index < -0.39 is 41.4 Å². The number of hydrogen-bond donors (Lipinski definition) is 3. The van der Waals surface area contributed by atoms with Crippen LogP contribution in [0.25, 0.3) is 0 Å². The predicted molar refractivity (Wildman–Crippen MR) is 120 cm³/mol. The van der Waals surface area contributed by atoms with E-state index in [1.807, 2.05) is 6.92 Å². The number of esters is 1. The molecule has 8 heteroatoms. The minimum Gasteiger partial charge on any atom is -0.481 e. The van der Waals surface area contributed by atoms with Gasteiger partial charge in [0.1, 0.15) is 5.60 Å². The third kappa shape index (κ3) is 3.73. The number of ether oxygens (including phenoxy) is 1. The van der Waals surface area contributed by atoms with Gasteiger partial charge in [0, 0.05) is 11.8 Å². The molecule has 3 saturated carbocycles. The van der Waals surface area contributed by atoms with Crippen molar-refractivity contribution in [3.05, 3.63) is 11.6 Å². The maximum atomic E-state index is 13.2. The van der Waals surface area contributed by atoms with Crippen LogP contribution in [-0.4, -0.2) is 57.1 Å². The van der Waals surface area contributed by atoms with Gasteiger partial charge in [-0.3, -0.25) is 19.2 Å². The zero-order chi connectivity index (χ0) is 25.1. The number of allylic oxidation sites excluding steroid dienone is 1. The van der Waals surface area contributed by atoms with E-state index in [2.05, 4.69) is 13.8 Å². The minimum absolute atomic E-state index is 0.0241. The van der Waals surface area contributed by atoms with Gasteiger partial charge in [0.15, 0.2) is 12.4 Å². The molecule has 3 fully saturated rings. The topological polar surface area (TPSA) is 138 Å². The molecule has 0 bridgehead atoms. The highest BCUT2D eigenvalue weighted by Crippen LogP contribution is 2.68. The second-order valence-electron chi connectivity index (χ2n) is 11.5. The molecule has 0 heterocycles. The van der Waals surface area contributed by atoms with Crippen molar-refractivity contribution < 1.29 is 39.2 Å². The Bertz CT molecular complexity index is 939. The first-order valence-electron chi connectivity index (χ1n) is 12.4. The second-order valence-corrected chi connectivity index (χ2v) is 11.5. The van der Waals surface area contributed by atoms with E-state index in [1.165, 1.54) is 0 Å². The summed E-state index contributed by atoms with van der Waals surface area (Å²) in [6.45, 7) is 5.55. The van der Waals surface area contributed by atoms with E-state index in [-0.39, 0.29) is 60.6 Å². The van der Waals surface area contributed by atoms with E-state index in [9.17, 15) is 29.4 Å². The summed E-state index contributed by atoms with van der Waals surface area (Å²) < 4.78 is 4.99. The number of carbonyl (C=O) groups is 4. The van der Waals surface area contributed by atoms with Crippen LogP contribution in [0.2, 0.25) is 0 Å². The van der Waals surface area contributed by atoms with E-state index in [4.69, 9.17) is 9.84 Å². The van der Waals surface area contributed by atoms with Crippen molar-refractivity contribution in [3.8, 4) is 0 Å². The number of ketones is 2. The zero-order valence-corrected chi connectivity index (χ0v) is 20.2. The Balaban J connectivity index is 1.56. The first kappa shape index (κ1) is 25.0. The molecule has 0 aromatic rings. The molecule has 188 valence electrons. The summed E-state index contributed by atoms with van der Waals surface area (Å²) in [4.78, 5) is 47.8. The van der Waals surface area contributed by atoms with Crippen LogP contribution in [0.5, 0.6) is 0 Å².